The molecule has 1 aliphatic heterocycles. The summed E-state index contributed by atoms with van der Waals surface area (Å²) in [6, 6.07) is 2.67. The van der Waals surface area contributed by atoms with Gasteiger partial charge in [-0.1, -0.05) is 0 Å². The van der Waals surface area contributed by atoms with Gasteiger partial charge in [0.25, 0.3) is 0 Å². The van der Waals surface area contributed by atoms with Crippen molar-refractivity contribution in [1.29, 1.82) is 0 Å². The fraction of sp³-hybridized carbons (Fsp3) is 0.545. The molecule has 0 spiro atoms. The zero-order valence-corrected chi connectivity index (χ0v) is 15.1. The van der Waals surface area contributed by atoms with Gasteiger partial charge in [-0.05, 0) is 18.9 Å². The van der Waals surface area contributed by atoms with Crippen LogP contribution in [0.25, 0.3) is 0 Å². The SMILES string of the molecule is O=P(O)(O)C(C[n+]1cccc(S(=O)(=O)N2CCCC2)c1)P(=O)(O)O. The predicted octanol–water partition coefficient (Wildman–Crippen LogP) is -0.560. The van der Waals surface area contributed by atoms with Crippen molar-refractivity contribution >= 4 is 25.2 Å². The molecule has 1 fully saturated rings. The van der Waals surface area contributed by atoms with Gasteiger partial charge in [0.15, 0.2) is 18.9 Å². The summed E-state index contributed by atoms with van der Waals surface area (Å²) in [6.45, 7) is 0.0769. The molecule has 1 aliphatic rings. The minimum atomic E-state index is -5.08. The van der Waals surface area contributed by atoms with Crippen LogP contribution in [0.5, 0.6) is 0 Å². The highest BCUT2D eigenvalue weighted by Gasteiger charge is 2.46. The smallest absolute Gasteiger partial charge is 0.324 e. The van der Waals surface area contributed by atoms with E-state index >= 15 is 0 Å². The van der Waals surface area contributed by atoms with Crippen molar-refractivity contribution in [3.63, 3.8) is 0 Å². The van der Waals surface area contributed by atoms with Crippen LogP contribution in [-0.2, 0) is 25.7 Å². The van der Waals surface area contributed by atoms with E-state index in [-0.39, 0.29) is 4.90 Å². The van der Waals surface area contributed by atoms with Gasteiger partial charge in [0.05, 0.1) is 0 Å². The Morgan fingerprint density at radius 1 is 1.12 bits per heavy atom. The molecular formula is C11H19N2O8P2S+. The molecule has 1 aromatic rings. The summed E-state index contributed by atoms with van der Waals surface area (Å²) in [7, 11) is -13.9. The first kappa shape index (κ1) is 19.7. The molecule has 0 aromatic carbocycles. The molecule has 0 saturated carbocycles. The Morgan fingerprint density at radius 3 is 2.17 bits per heavy atom. The maximum absolute atomic E-state index is 12.5. The molecule has 1 aromatic heterocycles. The monoisotopic (exact) mass is 401 g/mol. The maximum atomic E-state index is 12.5. The lowest BCUT2D eigenvalue weighted by atomic mass is 10.4. The summed E-state index contributed by atoms with van der Waals surface area (Å²) in [4.78, 5) is 36.5. The third kappa shape index (κ3) is 4.50. The van der Waals surface area contributed by atoms with Gasteiger partial charge < -0.3 is 19.6 Å². The molecule has 1 saturated heterocycles. The van der Waals surface area contributed by atoms with Gasteiger partial charge in [-0.2, -0.15) is 4.31 Å². The van der Waals surface area contributed by atoms with E-state index < -0.39 is 37.2 Å². The second-order valence-electron chi connectivity index (χ2n) is 5.51. The number of nitrogens with zero attached hydrogens (tertiary/aromatic N) is 2. The Labute approximate surface area is 139 Å². The number of sulfonamides is 1. The van der Waals surface area contributed by atoms with E-state index in [9.17, 15) is 17.5 Å². The topological polar surface area (TPSA) is 156 Å². The minimum Gasteiger partial charge on any atom is -0.324 e. The predicted molar refractivity (Wildman–Crippen MR) is 82.5 cm³/mol. The average Bonchev–Trinajstić information content (AvgIpc) is 2.97. The largest absolute Gasteiger partial charge is 0.347 e. The van der Waals surface area contributed by atoms with Crippen LogP contribution in [0.3, 0.4) is 0 Å². The normalized spacial score (nSPS) is 17.5. The summed E-state index contributed by atoms with van der Waals surface area (Å²) in [5, 5.41) is -2.24. The molecule has 4 N–H and O–H groups in total. The van der Waals surface area contributed by atoms with Crippen LogP contribution in [0.2, 0.25) is 0 Å². The molecule has 0 unspecified atom stereocenters. The van der Waals surface area contributed by atoms with Gasteiger partial charge in [-0.25, -0.2) is 13.0 Å². The van der Waals surface area contributed by atoms with Crippen LogP contribution >= 0.6 is 15.2 Å². The quantitative estimate of drug-likeness (QED) is 0.365. The Balaban J connectivity index is 2.33. The van der Waals surface area contributed by atoms with Crippen LogP contribution in [0.1, 0.15) is 12.8 Å². The lowest BCUT2D eigenvalue weighted by Gasteiger charge is -2.17. The molecule has 0 amide bonds. The second-order valence-corrected chi connectivity index (χ2v) is 11.5. The standard InChI is InChI=1S/C11H18N2O8P2S/c14-22(15,16)11(23(17,18)19)9-12-5-3-4-10(8-12)24(20,21)13-6-1-2-7-13/h3-5,8,11H,1-2,6-7,9H2,(H3-,14,15,16,17,18,19)/p+1. The summed E-state index contributed by atoms with van der Waals surface area (Å²) < 4.78 is 50.0. The Morgan fingerprint density at radius 2 is 1.67 bits per heavy atom. The lowest BCUT2D eigenvalue weighted by Crippen LogP contribution is -2.40. The molecule has 13 heteroatoms. The number of aromatic nitrogens is 1. The molecule has 136 valence electrons. The third-order valence-electron chi connectivity index (χ3n) is 3.68. The van der Waals surface area contributed by atoms with Crippen molar-refractivity contribution in [3.05, 3.63) is 24.5 Å². The molecular weight excluding hydrogens is 382 g/mol. The molecule has 2 rings (SSSR count). The maximum Gasteiger partial charge on any atom is 0.347 e. The molecule has 2 heterocycles. The fourth-order valence-corrected chi connectivity index (χ4v) is 6.37. The lowest BCUT2D eigenvalue weighted by molar-refractivity contribution is -0.696. The van der Waals surface area contributed by atoms with Gasteiger partial charge in [0, 0.05) is 19.2 Å². The van der Waals surface area contributed by atoms with Crippen molar-refractivity contribution in [1.82, 2.24) is 4.31 Å². The zero-order valence-electron chi connectivity index (χ0n) is 12.5. The molecule has 24 heavy (non-hydrogen) atoms. The van der Waals surface area contributed by atoms with E-state index in [1.165, 1.54) is 22.6 Å². The van der Waals surface area contributed by atoms with E-state index in [0.29, 0.717) is 13.1 Å². The summed E-state index contributed by atoms with van der Waals surface area (Å²) in [5.41, 5.74) is 0. The molecule has 10 nitrogen and oxygen atoms in total. The van der Waals surface area contributed by atoms with Crippen molar-refractivity contribution in [2.24, 2.45) is 0 Å². The van der Waals surface area contributed by atoms with E-state index in [4.69, 9.17) is 19.6 Å². The first-order chi connectivity index (χ1) is 10.9. The Bertz CT molecular complexity index is 774. The van der Waals surface area contributed by atoms with Gasteiger partial charge >= 0.3 is 15.2 Å². The molecule has 0 atom stereocenters. The van der Waals surface area contributed by atoms with Gasteiger partial charge in [0.1, 0.15) is 4.90 Å². The van der Waals surface area contributed by atoms with E-state index in [1.54, 1.807) is 0 Å². The van der Waals surface area contributed by atoms with Gasteiger partial charge in [0.2, 0.25) is 15.4 Å². The van der Waals surface area contributed by atoms with Gasteiger partial charge in [-0.3, -0.25) is 9.13 Å². The van der Waals surface area contributed by atoms with Crippen LogP contribution in [-0.4, -0.2) is 50.8 Å². The zero-order chi connectivity index (χ0) is 18.2. The second kappa shape index (κ2) is 6.93. The fourth-order valence-electron chi connectivity index (χ4n) is 2.44. The van der Waals surface area contributed by atoms with Crippen LogP contribution in [0.15, 0.2) is 29.4 Å². The summed E-state index contributed by atoms with van der Waals surface area (Å²) in [6.07, 6.45) is 3.92. The first-order valence-corrected chi connectivity index (χ1v) is 11.8. The average molecular weight is 401 g/mol. The number of hydrogen-bond acceptors (Lipinski definition) is 4. The van der Waals surface area contributed by atoms with Crippen LogP contribution < -0.4 is 4.57 Å². The van der Waals surface area contributed by atoms with E-state index in [0.717, 1.165) is 23.6 Å². The highest BCUT2D eigenvalue weighted by molar-refractivity contribution is 7.89. The summed E-state index contributed by atoms with van der Waals surface area (Å²) >= 11 is 0. The Kier molecular flexibility index (Phi) is 5.69. The highest BCUT2D eigenvalue weighted by atomic mass is 32.2. The van der Waals surface area contributed by atoms with Crippen molar-refractivity contribution in [2.75, 3.05) is 13.1 Å². The van der Waals surface area contributed by atoms with E-state index in [1.807, 2.05) is 0 Å². The van der Waals surface area contributed by atoms with Crippen LogP contribution in [0, 0.1) is 0 Å². The molecule has 0 radical (unpaired) electrons. The highest BCUT2D eigenvalue weighted by Crippen LogP contribution is 2.59. The van der Waals surface area contributed by atoms with E-state index in [2.05, 4.69) is 0 Å². The number of rotatable bonds is 6. The third-order valence-corrected chi connectivity index (χ3v) is 9.25. The van der Waals surface area contributed by atoms with Gasteiger partial charge in [-0.15, -0.1) is 0 Å². The van der Waals surface area contributed by atoms with Crippen molar-refractivity contribution in [2.45, 2.75) is 29.7 Å². The minimum absolute atomic E-state index is 0.0953. The molecule has 0 bridgehead atoms. The van der Waals surface area contributed by atoms with Crippen molar-refractivity contribution < 1.29 is 41.7 Å². The summed E-state index contributed by atoms with van der Waals surface area (Å²) in [5.74, 6) is 0. The molecule has 0 aliphatic carbocycles. The first-order valence-electron chi connectivity index (χ1n) is 7.02. The number of pyridine rings is 1. The van der Waals surface area contributed by atoms with Crippen molar-refractivity contribution in [3.8, 4) is 0 Å². The number of hydrogen-bond donors (Lipinski definition) is 4. The van der Waals surface area contributed by atoms with Crippen LogP contribution in [0.4, 0.5) is 0 Å². The Hall–Kier alpha value is -0.640.